The summed E-state index contributed by atoms with van der Waals surface area (Å²) in [4.78, 5) is 40.9. The van der Waals surface area contributed by atoms with Crippen molar-refractivity contribution in [3.8, 4) is 0 Å². The van der Waals surface area contributed by atoms with Gasteiger partial charge in [-0.2, -0.15) is 0 Å². The van der Waals surface area contributed by atoms with Crippen LogP contribution in [0.15, 0.2) is 23.1 Å². The van der Waals surface area contributed by atoms with Gasteiger partial charge in [-0.1, -0.05) is 6.07 Å². The second-order valence-corrected chi connectivity index (χ2v) is 8.94. The van der Waals surface area contributed by atoms with Crippen molar-refractivity contribution < 1.29 is 19.1 Å². The average Bonchev–Trinajstić information content (AvgIpc) is 3.48. The zero-order valence-corrected chi connectivity index (χ0v) is 18.0. The number of hydrogen-bond acceptors (Lipinski definition) is 6. The smallest absolute Gasteiger partial charge is 0.294 e. The number of carbonyl (C=O) groups excluding carboxylic acids is 3. The number of thioether (sulfide) groups is 1. The van der Waals surface area contributed by atoms with E-state index in [9.17, 15) is 14.4 Å². The van der Waals surface area contributed by atoms with Gasteiger partial charge in [0, 0.05) is 31.9 Å². The van der Waals surface area contributed by atoms with Crippen molar-refractivity contribution in [1.82, 2.24) is 10.2 Å². The molecule has 1 aromatic carbocycles. The van der Waals surface area contributed by atoms with Gasteiger partial charge < -0.3 is 15.0 Å². The van der Waals surface area contributed by atoms with Gasteiger partial charge in [0.05, 0.1) is 11.0 Å². The number of carbonyl (C=O) groups is 3. The van der Waals surface area contributed by atoms with Crippen LogP contribution in [0.4, 0.5) is 10.5 Å². The lowest BCUT2D eigenvalue weighted by atomic mass is 10.1. The fourth-order valence-corrected chi connectivity index (χ4v) is 4.83. The van der Waals surface area contributed by atoms with Crippen molar-refractivity contribution in [1.29, 1.82) is 0 Å². The van der Waals surface area contributed by atoms with Gasteiger partial charge >= 0.3 is 0 Å². The van der Waals surface area contributed by atoms with E-state index in [1.807, 2.05) is 13.0 Å². The van der Waals surface area contributed by atoms with Crippen molar-refractivity contribution in [3.63, 3.8) is 0 Å². The summed E-state index contributed by atoms with van der Waals surface area (Å²) in [5.74, 6) is -0.763. The highest BCUT2D eigenvalue weighted by atomic mass is 32.2. The van der Waals surface area contributed by atoms with E-state index in [1.165, 1.54) is 18.5 Å². The molecule has 7 nitrogen and oxygen atoms in total. The molecule has 0 bridgehead atoms. The zero-order chi connectivity index (χ0) is 21.1. The summed E-state index contributed by atoms with van der Waals surface area (Å²) in [6.07, 6.45) is 6.12. The lowest BCUT2D eigenvalue weighted by Crippen LogP contribution is -2.41. The molecule has 1 atom stereocenters. The highest BCUT2D eigenvalue weighted by molar-refractivity contribution is 8.18. The molecule has 3 heterocycles. The Kier molecular flexibility index (Phi) is 6.43. The molecule has 160 valence electrons. The normalized spacial score (nSPS) is 23.1. The second-order valence-electron chi connectivity index (χ2n) is 7.94. The molecule has 0 saturated carbocycles. The lowest BCUT2D eigenvalue weighted by Gasteiger charge is -2.18. The molecule has 1 N–H and O–H groups in total. The molecule has 3 amide bonds. The number of nitrogens with zero attached hydrogens (tertiary/aromatic N) is 2. The number of rotatable bonds is 6. The van der Waals surface area contributed by atoms with Crippen LogP contribution in [0.2, 0.25) is 0 Å². The number of anilines is 1. The minimum absolute atomic E-state index is 0.0234. The van der Waals surface area contributed by atoms with Gasteiger partial charge in [0.2, 0.25) is 5.91 Å². The molecular weight excluding hydrogens is 402 g/mol. The quantitative estimate of drug-likeness (QED) is 0.701. The summed E-state index contributed by atoms with van der Waals surface area (Å²) in [6, 6.07) is 6.18. The Morgan fingerprint density at radius 3 is 2.77 bits per heavy atom. The Morgan fingerprint density at radius 2 is 2.07 bits per heavy atom. The second kappa shape index (κ2) is 9.22. The molecule has 3 aliphatic rings. The summed E-state index contributed by atoms with van der Waals surface area (Å²) < 4.78 is 5.47. The number of imide groups is 1. The van der Waals surface area contributed by atoms with Gasteiger partial charge in [-0.15, -0.1) is 0 Å². The highest BCUT2D eigenvalue weighted by Crippen LogP contribution is 2.33. The molecule has 3 fully saturated rings. The van der Waals surface area contributed by atoms with E-state index in [-0.39, 0.29) is 18.6 Å². The number of amides is 3. The molecular formula is C22H27N3O4S. The highest BCUT2D eigenvalue weighted by Gasteiger charge is 2.36. The molecule has 0 unspecified atom stereocenters. The van der Waals surface area contributed by atoms with E-state index in [0.29, 0.717) is 18.1 Å². The van der Waals surface area contributed by atoms with E-state index >= 15 is 0 Å². The predicted molar refractivity (Wildman–Crippen MR) is 117 cm³/mol. The molecule has 30 heavy (non-hydrogen) atoms. The molecule has 3 aliphatic heterocycles. The Labute approximate surface area is 180 Å². The molecule has 8 heteroatoms. The largest absolute Gasteiger partial charge is 0.376 e. The number of benzene rings is 1. The summed E-state index contributed by atoms with van der Waals surface area (Å²) in [5, 5.41) is 2.34. The summed E-state index contributed by atoms with van der Waals surface area (Å²) >= 11 is 0.884. The Bertz CT molecular complexity index is 873. The van der Waals surface area contributed by atoms with Crippen LogP contribution in [-0.4, -0.2) is 60.8 Å². The van der Waals surface area contributed by atoms with Crippen molar-refractivity contribution in [2.75, 3.05) is 37.7 Å². The van der Waals surface area contributed by atoms with E-state index in [1.54, 1.807) is 6.08 Å². The van der Waals surface area contributed by atoms with Gasteiger partial charge in [-0.05, 0) is 73.7 Å². The van der Waals surface area contributed by atoms with E-state index in [0.717, 1.165) is 53.7 Å². The summed E-state index contributed by atoms with van der Waals surface area (Å²) in [7, 11) is 0. The Hall–Kier alpha value is -2.32. The molecule has 0 spiro atoms. The minimum Gasteiger partial charge on any atom is -0.376 e. The third-order valence-electron chi connectivity index (χ3n) is 5.74. The van der Waals surface area contributed by atoms with Gasteiger partial charge in [-0.25, -0.2) is 0 Å². The van der Waals surface area contributed by atoms with Crippen LogP contribution in [0.25, 0.3) is 6.08 Å². The maximum absolute atomic E-state index is 12.7. The monoisotopic (exact) mass is 429 g/mol. The minimum atomic E-state index is -0.416. The van der Waals surface area contributed by atoms with E-state index < -0.39 is 11.1 Å². The Morgan fingerprint density at radius 1 is 1.27 bits per heavy atom. The average molecular weight is 430 g/mol. The molecule has 0 radical (unpaired) electrons. The maximum Gasteiger partial charge on any atom is 0.294 e. The molecule has 0 aliphatic carbocycles. The number of aryl methyl sites for hydroxylation is 1. The number of nitrogens with one attached hydrogen (secondary N) is 1. The SMILES string of the molecule is Cc1cc(N2CCCC2)ccc1/C=C1\SC(=O)N(CC(=O)NC[C@@H]2CCCO2)C1=O. The van der Waals surface area contributed by atoms with Crippen LogP contribution >= 0.6 is 11.8 Å². The third kappa shape index (κ3) is 4.70. The van der Waals surface area contributed by atoms with Gasteiger partial charge in [0.1, 0.15) is 6.54 Å². The summed E-state index contributed by atoms with van der Waals surface area (Å²) in [6.45, 7) is 5.02. The lowest BCUT2D eigenvalue weighted by molar-refractivity contribution is -0.129. The predicted octanol–water partition coefficient (Wildman–Crippen LogP) is 2.93. The topological polar surface area (TPSA) is 79.0 Å². The maximum atomic E-state index is 12.7. The fraction of sp³-hybridized carbons (Fsp3) is 0.500. The third-order valence-corrected chi connectivity index (χ3v) is 6.64. The van der Waals surface area contributed by atoms with Gasteiger partial charge in [-0.3, -0.25) is 19.3 Å². The molecule has 3 saturated heterocycles. The molecule has 0 aromatic heterocycles. The first kappa shape index (κ1) is 20.9. The number of ether oxygens (including phenoxy) is 1. The van der Waals surface area contributed by atoms with Crippen LogP contribution in [0, 0.1) is 6.92 Å². The zero-order valence-electron chi connectivity index (χ0n) is 17.2. The van der Waals surface area contributed by atoms with Crippen LogP contribution in [0.5, 0.6) is 0 Å². The van der Waals surface area contributed by atoms with Crippen LogP contribution in [0.3, 0.4) is 0 Å². The molecule has 4 rings (SSSR count). The standard InChI is InChI=1S/C22H27N3O4S/c1-15-11-17(24-8-2-3-9-24)7-6-16(15)12-19-21(27)25(22(28)30-19)14-20(26)23-13-18-5-4-10-29-18/h6-7,11-12,18H,2-5,8-10,13-14H2,1H3,(H,23,26)/b19-12-/t18-/m0/s1. The van der Waals surface area contributed by atoms with Crippen LogP contribution < -0.4 is 10.2 Å². The Balaban J connectivity index is 1.39. The van der Waals surface area contributed by atoms with Gasteiger partial charge in [0.25, 0.3) is 11.1 Å². The molecule has 1 aromatic rings. The number of hydrogen-bond donors (Lipinski definition) is 1. The van der Waals surface area contributed by atoms with Crippen molar-refractivity contribution in [3.05, 3.63) is 34.2 Å². The summed E-state index contributed by atoms with van der Waals surface area (Å²) in [5.41, 5.74) is 3.16. The van der Waals surface area contributed by atoms with Crippen molar-refractivity contribution >= 4 is 40.6 Å². The first-order chi connectivity index (χ1) is 14.5. The van der Waals surface area contributed by atoms with Crippen molar-refractivity contribution in [2.24, 2.45) is 0 Å². The first-order valence-corrected chi connectivity index (χ1v) is 11.3. The first-order valence-electron chi connectivity index (χ1n) is 10.5. The van der Waals surface area contributed by atoms with Gasteiger partial charge in [0.15, 0.2) is 0 Å². The fourth-order valence-electron chi connectivity index (χ4n) is 4.00. The van der Waals surface area contributed by atoms with Crippen LogP contribution in [0.1, 0.15) is 36.8 Å². The van der Waals surface area contributed by atoms with E-state index in [2.05, 4.69) is 22.3 Å². The van der Waals surface area contributed by atoms with Crippen LogP contribution in [-0.2, 0) is 14.3 Å². The van der Waals surface area contributed by atoms with E-state index in [4.69, 9.17) is 4.74 Å². The van der Waals surface area contributed by atoms with Crippen molar-refractivity contribution in [2.45, 2.75) is 38.7 Å².